The van der Waals surface area contributed by atoms with E-state index >= 15 is 0 Å². The fourth-order valence-corrected chi connectivity index (χ4v) is 3.31. The summed E-state index contributed by atoms with van der Waals surface area (Å²) in [4.78, 5) is 13.7. The van der Waals surface area contributed by atoms with E-state index in [-0.39, 0.29) is 11.6 Å². The second-order valence-electron chi connectivity index (χ2n) is 6.57. The Kier molecular flexibility index (Phi) is 4.30. The minimum Gasteiger partial charge on any atom is -0.368 e. The molecule has 0 aromatic carbocycles. The number of aromatic nitrogens is 5. The number of rotatable bonds is 4. The molecule has 0 bridgehead atoms. The Balaban J connectivity index is 1.70. The molecule has 3 aromatic heterocycles. The number of methoxy groups -OCH3 is 1. The molecule has 0 unspecified atom stereocenters. The second-order valence-corrected chi connectivity index (χ2v) is 6.57. The van der Waals surface area contributed by atoms with Crippen LogP contribution in [0.25, 0.3) is 11.4 Å². The largest absolute Gasteiger partial charge is 0.433 e. The molecule has 1 saturated heterocycles. The lowest BCUT2D eigenvalue weighted by Crippen LogP contribution is -2.61. The van der Waals surface area contributed by atoms with Gasteiger partial charge in [-0.1, -0.05) is 0 Å². The monoisotopic (exact) mass is 390 g/mol. The Morgan fingerprint density at radius 1 is 1.14 bits per heavy atom. The maximum Gasteiger partial charge on any atom is 0.433 e. The number of pyridine rings is 1. The van der Waals surface area contributed by atoms with Crippen LogP contribution in [0.4, 0.5) is 19.0 Å². The molecule has 0 saturated carbocycles. The topological polar surface area (TPSA) is 69.0 Å². The third-order valence-electron chi connectivity index (χ3n) is 4.82. The van der Waals surface area contributed by atoms with Crippen LogP contribution in [-0.4, -0.2) is 44.9 Å². The van der Waals surface area contributed by atoms with Gasteiger partial charge in [-0.25, -0.2) is 9.97 Å². The smallest absolute Gasteiger partial charge is 0.368 e. The van der Waals surface area contributed by atoms with E-state index in [0.717, 1.165) is 11.8 Å². The summed E-state index contributed by atoms with van der Waals surface area (Å²) in [6.07, 6.45) is 0.0460. The molecule has 146 valence electrons. The number of hydrogen-bond donors (Lipinski definition) is 0. The summed E-state index contributed by atoms with van der Waals surface area (Å²) >= 11 is 0. The van der Waals surface area contributed by atoms with E-state index < -0.39 is 17.5 Å². The summed E-state index contributed by atoms with van der Waals surface area (Å²) in [5.41, 5.74) is -0.376. The Hall–Kier alpha value is -3.01. The molecule has 0 amide bonds. The molecule has 0 N–H and O–H groups in total. The molecular weight excluding hydrogens is 373 g/mol. The van der Waals surface area contributed by atoms with Crippen molar-refractivity contribution in [3.05, 3.63) is 54.2 Å². The molecule has 4 heterocycles. The number of alkyl halides is 3. The van der Waals surface area contributed by atoms with E-state index in [1.807, 2.05) is 6.07 Å². The molecule has 1 aliphatic heterocycles. The van der Waals surface area contributed by atoms with Gasteiger partial charge in [0.05, 0.1) is 18.8 Å². The van der Waals surface area contributed by atoms with Gasteiger partial charge in [-0.15, -0.1) is 0 Å². The van der Waals surface area contributed by atoms with Gasteiger partial charge in [-0.3, -0.25) is 9.67 Å². The minimum atomic E-state index is -4.58. The van der Waals surface area contributed by atoms with Gasteiger partial charge in [0.1, 0.15) is 11.4 Å². The van der Waals surface area contributed by atoms with Crippen LogP contribution in [-0.2, 0) is 23.6 Å². The van der Waals surface area contributed by atoms with Crippen LogP contribution in [0.15, 0.2) is 42.9 Å². The highest BCUT2D eigenvalue weighted by atomic mass is 19.4. The summed E-state index contributed by atoms with van der Waals surface area (Å²) in [6, 6.07) is 6.05. The van der Waals surface area contributed by atoms with Crippen molar-refractivity contribution >= 4 is 5.82 Å². The molecule has 7 nitrogen and oxygen atoms in total. The van der Waals surface area contributed by atoms with Gasteiger partial charge in [0, 0.05) is 44.4 Å². The lowest BCUT2D eigenvalue weighted by molar-refractivity contribution is -0.141. The van der Waals surface area contributed by atoms with E-state index in [1.54, 1.807) is 42.1 Å². The predicted molar refractivity (Wildman–Crippen MR) is 94.4 cm³/mol. The first-order chi connectivity index (χ1) is 13.3. The van der Waals surface area contributed by atoms with Crippen molar-refractivity contribution in [2.45, 2.75) is 11.8 Å². The molecule has 1 aliphatic rings. The van der Waals surface area contributed by atoms with Crippen LogP contribution in [0, 0.1) is 0 Å². The van der Waals surface area contributed by atoms with Gasteiger partial charge in [-0.05, 0) is 18.2 Å². The summed E-state index contributed by atoms with van der Waals surface area (Å²) in [5, 5.41) is 4.15. The molecule has 0 spiro atoms. The highest BCUT2D eigenvalue weighted by Crippen LogP contribution is 2.39. The van der Waals surface area contributed by atoms with Crippen LogP contribution < -0.4 is 4.90 Å². The Morgan fingerprint density at radius 2 is 1.93 bits per heavy atom. The molecule has 1 fully saturated rings. The van der Waals surface area contributed by atoms with E-state index in [9.17, 15) is 13.2 Å². The molecule has 0 atom stereocenters. The summed E-state index contributed by atoms with van der Waals surface area (Å²) in [5.74, 6) is 0.171. The van der Waals surface area contributed by atoms with Crippen molar-refractivity contribution in [3.63, 3.8) is 0 Å². The molecule has 4 rings (SSSR count). The number of halogens is 3. The standard InChI is InChI=1S/C18H17F3N6O/c1-26-14(5-7-23-26)17(28-2)10-27(11-17)15-8-13(18(19,20)21)24-16(25-15)12-4-3-6-22-9-12/h3-9H,10-11H2,1-2H3. The van der Waals surface area contributed by atoms with E-state index in [0.29, 0.717) is 18.7 Å². The van der Waals surface area contributed by atoms with Crippen molar-refractivity contribution in [2.75, 3.05) is 25.1 Å². The number of hydrogen-bond acceptors (Lipinski definition) is 6. The Labute approximate surface area is 158 Å². The zero-order valence-corrected chi connectivity index (χ0v) is 15.2. The third kappa shape index (κ3) is 3.09. The van der Waals surface area contributed by atoms with Crippen molar-refractivity contribution in [1.82, 2.24) is 24.7 Å². The summed E-state index contributed by atoms with van der Waals surface area (Å²) < 4.78 is 47.5. The van der Waals surface area contributed by atoms with Crippen LogP contribution in [0.5, 0.6) is 0 Å². The SMILES string of the molecule is COC1(c2ccnn2C)CN(c2cc(C(F)(F)F)nc(-c3cccnc3)n2)C1. The van der Waals surface area contributed by atoms with Gasteiger partial charge >= 0.3 is 6.18 Å². The van der Waals surface area contributed by atoms with Crippen LogP contribution >= 0.6 is 0 Å². The van der Waals surface area contributed by atoms with Gasteiger partial charge in [0.25, 0.3) is 0 Å². The first kappa shape index (κ1) is 18.4. The molecule has 0 radical (unpaired) electrons. The second kappa shape index (κ2) is 6.55. The van der Waals surface area contributed by atoms with Crippen molar-refractivity contribution in [2.24, 2.45) is 7.05 Å². The van der Waals surface area contributed by atoms with Crippen molar-refractivity contribution < 1.29 is 17.9 Å². The maximum absolute atomic E-state index is 13.4. The van der Waals surface area contributed by atoms with E-state index in [4.69, 9.17) is 4.74 Å². The first-order valence-corrected chi connectivity index (χ1v) is 8.48. The van der Waals surface area contributed by atoms with Crippen LogP contribution in [0.1, 0.15) is 11.4 Å². The normalized spacial score (nSPS) is 16.1. The average Bonchev–Trinajstić information content (AvgIpc) is 3.08. The van der Waals surface area contributed by atoms with Gasteiger partial charge in [0.2, 0.25) is 0 Å². The highest BCUT2D eigenvalue weighted by Gasteiger charge is 2.48. The number of ether oxygens (including phenoxy) is 1. The molecule has 28 heavy (non-hydrogen) atoms. The van der Waals surface area contributed by atoms with Gasteiger partial charge in [-0.2, -0.15) is 18.3 Å². The molecular formula is C18H17F3N6O. The predicted octanol–water partition coefficient (Wildman–Crippen LogP) is 2.65. The van der Waals surface area contributed by atoms with Gasteiger partial charge in [0.15, 0.2) is 11.5 Å². The third-order valence-corrected chi connectivity index (χ3v) is 4.82. The lowest BCUT2D eigenvalue weighted by Gasteiger charge is -2.49. The van der Waals surface area contributed by atoms with Crippen molar-refractivity contribution in [1.29, 1.82) is 0 Å². The van der Waals surface area contributed by atoms with Crippen LogP contribution in [0.2, 0.25) is 0 Å². The van der Waals surface area contributed by atoms with E-state index in [1.165, 1.54) is 12.4 Å². The number of nitrogens with zero attached hydrogens (tertiary/aromatic N) is 6. The summed E-state index contributed by atoms with van der Waals surface area (Å²) in [6.45, 7) is 0.702. The molecule has 0 aliphatic carbocycles. The zero-order valence-electron chi connectivity index (χ0n) is 15.2. The zero-order chi connectivity index (χ0) is 19.9. The number of aryl methyl sites for hydroxylation is 1. The van der Waals surface area contributed by atoms with Crippen LogP contribution in [0.3, 0.4) is 0 Å². The minimum absolute atomic E-state index is 0.0200. The molecule has 10 heteroatoms. The highest BCUT2D eigenvalue weighted by molar-refractivity contribution is 5.58. The maximum atomic E-state index is 13.4. The molecule has 3 aromatic rings. The Bertz CT molecular complexity index is 982. The van der Waals surface area contributed by atoms with Crippen molar-refractivity contribution in [3.8, 4) is 11.4 Å². The average molecular weight is 390 g/mol. The van der Waals surface area contributed by atoms with E-state index in [2.05, 4.69) is 20.1 Å². The summed E-state index contributed by atoms with van der Waals surface area (Å²) in [7, 11) is 3.37. The quantitative estimate of drug-likeness (QED) is 0.682. The lowest BCUT2D eigenvalue weighted by atomic mass is 9.89. The first-order valence-electron chi connectivity index (χ1n) is 8.48. The van der Waals surface area contributed by atoms with Gasteiger partial charge < -0.3 is 9.64 Å². The Morgan fingerprint density at radius 3 is 2.50 bits per heavy atom. The fraction of sp³-hybridized carbons (Fsp3) is 0.333. The number of anilines is 1. The fourth-order valence-electron chi connectivity index (χ4n) is 3.31.